The first-order chi connectivity index (χ1) is 7.27. The molecule has 2 nitrogen and oxygen atoms in total. The summed E-state index contributed by atoms with van der Waals surface area (Å²) in [7, 11) is 1.00. The van der Waals surface area contributed by atoms with Gasteiger partial charge in [0.15, 0.2) is 5.78 Å². The van der Waals surface area contributed by atoms with Gasteiger partial charge in [0, 0.05) is 19.1 Å². The summed E-state index contributed by atoms with van der Waals surface area (Å²) in [5, 5.41) is 7.00. The normalized spacial score (nSPS) is 11.9. The van der Waals surface area contributed by atoms with E-state index in [0.29, 0.717) is 12.2 Å². The van der Waals surface area contributed by atoms with Crippen LogP contribution in [0.5, 0.6) is 0 Å². The molecule has 0 spiro atoms. The van der Waals surface area contributed by atoms with E-state index in [4.69, 9.17) is 5.11 Å². The van der Waals surface area contributed by atoms with Crippen LogP contribution >= 0.6 is 0 Å². The lowest BCUT2D eigenvalue weighted by Gasteiger charge is -1.97. The van der Waals surface area contributed by atoms with Crippen LogP contribution in [0, 0.1) is 6.92 Å². The third-order valence-electron chi connectivity index (χ3n) is 2.18. The summed E-state index contributed by atoms with van der Waals surface area (Å²) >= 11 is 0. The van der Waals surface area contributed by atoms with E-state index < -0.39 is 0 Å². The number of carbonyl (C=O) groups is 1. The molecule has 0 aliphatic heterocycles. The molecule has 1 N–H and O–H groups in total. The Bertz CT molecular complexity index is 316. The van der Waals surface area contributed by atoms with Crippen LogP contribution in [0.15, 0.2) is 18.2 Å². The van der Waals surface area contributed by atoms with Crippen LogP contribution in [0.3, 0.4) is 0 Å². The maximum absolute atomic E-state index is 11.2. The molecule has 0 saturated heterocycles. The average molecular weight is 208 g/mol. The highest BCUT2D eigenvalue weighted by Crippen LogP contribution is 2.22. The molecule has 0 fully saturated rings. The Morgan fingerprint density at radius 2 is 1.73 bits per heavy atom. The number of fused-ring (bicyclic) bond motifs is 1. The minimum absolute atomic E-state index is 0.306. The second-order valence-electron chi connectivity index (χ2n) is 3.08. The Labute approximate surface area is 91.9 Å². The summed E-state index contributed by atoms with van der Waals surface area (Å²) in [6, 6.07) is 6.06. The van der Waals surface area contributed by atoms with E-state index in [-0.39, 0.29) is 0 Å². The lowest BCUT2D eigenvalue weighted by Crippen LogP contribution is -1.90. The largest absolute Gasteiger partial charge is 0.400 e. The first-order valence-corrected chi connectivity index (χ1v) is 5.35. The fourth-order valence-electron chi connectivity index (χ4n) is 1.58. The van der Waals surface area contributed by atoms with Gasteiger partial charge in [-0.05, 0) is 18.9 Å². The summed E-state index contributed by atoms with van der Waals surface area (Å²) in [4.78, 5) is 11.2. The second-order valence-corrected chi connectivity index (χ2v) is 3.08. The van der Waals surface area contributed by atoms with Gasteiger partial charge >= 0.3 is 0 Å². The monoisotopic (exact) mass is 208 g/mol. The van der Waals surface area contributed by atoms with E-state index in [9.17, 15) is 4.79 Å². The van der Waals surface area contributed by atoms with E-state index in [1.807, 2.05) is 26.0 Å². The van der Waals surface area contributed by atoms with Crippen LogP contribution < -0.4 is 0 Å². The quantitative estimate of drug-likeness (QED) is 0.711. The number of aryl methyl sites for hydroxylation is 2. The Balaban J connectivity index is 0.000000442. The Morgan fingerprint density at radius 3 is 2.33 bits per heavy atom. The van der Waals surface area contributed by atoms with Gasteiger partial charge in [-0.25, -0.2) is 0 Å². The zero-order valence-corrected chi connectivity index (χ0v) is 10.0. The van der Waals surface area contributed by atoms with Crippen LogP contribution in [0.4, 0.5) is 0 Å². The summed E-state index contributed by atoms with van der Waals surface area (Å²) in [6.45, 7) is 6.06. The number of ketones is 1. The Morgan fingerprint density at radius 1 is 1.13 bits per heavy atom. The molecule has 0 heterocycles. The lowest BCUT2D eigenvalue weighted by molar-refractivity contribution is 0.0994. The SMILES string of the molecule is CC.CO.Cc1ccc2c(c1)CCC2=O. The third-order valence-corrected chi connectivity index (χ3v) is 2.18. The number of aliphatic hydroxyl groups is 1. The fourth-order valence-corrected chi connectivity index (χ4v) is 1.58. The number of hydrogen-bond donors (Lipinski definition) is 1. The third kappa shape index (κ3) is 3.48. The fraction of sp³-hybridized carbons (Fsp3) is 0.462. The standard InChI is InChI=1S/C10H10O.C2H6.CH4O/c1-7-2-4-9-8(6-7)3-5-10(9)11;2*1-2/h2,4,6H,3,5H2,1H3;1-2H3;2H,1H3. The van der Waals surface area contributed by atoms with Crippen molar-refractivity contribution in [3.8, 4) is 0 Å². The highest BCUT2D eigenvalue weighted by atomic mass is 16.2. The van der Waals surface area contributed by atoms with Gasteiger partial charge < -0.3 is 5.11 Å². The predicted molar refractivity (Wildman–Crippen MR) is 63.3 cm³/mol. The van der Waals surface area contributed by atoms with Crippen LogP contribution in [0.1, 0.15) is 41.8 Å². The second kappa shape index (κ2) is 7.18. The number of rotatable bonds is 0. The number of carbonyl (C=O) groups excluding carboxylic acids is 1. The maximum Gasteiger partial charge on any atom is 0.163 e. The molecule has 0 aromatic heterocycles. The van der Waals surface area contributed by atoms with Crippen molar-refractivity contribution in [2.24, 2.45) is 0 Å². The molecule has 0 bridgehead atoms. The van der Waals surface area contributed by atoms with Gasteiger partial charge in [0.05, 0.1) is 0 Å². The Kier molecular flexibility index (Phi) is 6.63. The van der Waals surface area contributed by atoms with Gasteiger partial charge in [-0.3, -0.25) is 4.79 Å². The van der Waals surface area contributed by atoms with Crippen molar-refractivity contribution in [3.63, 3.8) is 0 Å². The molecule has 0 saturated carbocycles. The highest BCUT2D eigenvalue weighted by Gasteiger charge is 2.18. The molecule has 0 radical (unpaired) electrons. The summed E-state index contributed by atoms with van der Waals surface area (Å²) in [6.07, 6.45) is 1.65. The molecule has 2 heteroatoms. The number of aliphatic hydroxyl groups excluding tert-OH is 1. The summed E-state index contributed by atoms with van der Waals surface area (Å²) in [5.41, 5.74) is 3.42. The molecule has 1 aromatic rings. The van der Waals surface area contributed by atoms with Crippen LogP contribution in [-0.4, -0.2) is 18.0 Å². The average Bonchev–Trinajstić information content (AvgIpc) is 2.65. The molecule has 1 aliphatic carbocycles. The van der Waals surface area contributed by atoms with Gasteiger partial charge in [0.2, 0.25) is 0 Å². The van der Waals surface area contributed by atoms with Crippen molar-refractivity contribution >= 4 is 5.78 Å². The zero-order chi connectivity index (χ0) is 11.8. The first kappa shape index (κ1) is 13.8. The van der Waals surface area contributed by atoms with Gasteiger partial charge in [-0.15, -0.1) is 0 Å². The van der Waals surface area contributed by atoms with E-state index in [2.05, 4.69) is 13.0 Å². The van der Waals surface area contributed by atoms with Gasteiger partial charge in [0.25, 0.3) is 0 Å². The van der Waals surface area contributed by atoms with Gasteiger partial charge in [-0.1, -0.05) is 37.6 Å². The minimum Gasteiger partial charge on any atom is -0.400 e. The van der Waals surface area contributed by atoms with E-state index >= 15 is 0 Å². The predicted octanol–water partition coefficient (Wildman–Crippen LogP) is 2.76. The zero-order valence-electron chi connectivity index (χ0n) is 10.0. The number of benzene rings is 1. The topological polar surface area (TPSA) is 37.3 Å². The molecule has 15 heavy (non-hydrogen) atoms. The van der Waals surface area contributed by atoms with E-state index in [1.54, 1.807) is 0 Å². The van der Waals surface area contributed by atoms with Crippen molar-refractivity contribution in [3.05, 3.63) is 34.9 Å². The maximum atomic E-state index is 11.2. The highest BCUT2D eigenvalue weighted by molar-refractivity contribution is 6.00. The minimum atomic E-state index is 0.306. The van der Waals surface area contributed by atoms with Crippen LogP contribution in [0.2, 0.25) is 0 Å². The molecule has 0 atom stereocenters. The Hall–Kier alpha value is -1.15. The summed E-state index contributed by atoms with van der Waals surface area (Å²) < 4.78 is 0. The van der Waals surface area contributed by atoms with Crippen molar-refractivity contribution in [2.45, 2.75) is 33.6 Å². The molecular formula is C13H20O2. The van der Waals surface area contributed by atoms with E-state index in [1.165, 1.54) is 11.1 Å². The van der Waals surface area contributed by atoms with Crippen LogP contribution in [0.25, 0.3) is 0 Å². The van der Waals surface area contributed by atoms with Crippen molar-refractivity contribution < 1.29 is 9.90 Å². The molecule has 1 aromatic carbocycles. The van der Waals surface area contributed by atoms with E-state index in [0.717, 1.165) is 19.1 Å². The molecule has 2 rings (SSSR count). The van der Waals surface area contributed by atoms with Gasteiger partial charge in [0.1, 0.15) is 0 Å². The molecule has 0 unspecified atom stereocenters. The smallest absolute Gasteiger partial charge is 0.163 e. The van der Waals surface area contributed by atoms with Crippen LogP contribution in [-0.2, 0) is 6.42 Å². The van der Waals surface area contributed by atoms with Crippen molar-refractivity contribution in [1.82, 2.24) is 0 Å². The molecule has 84 valence electrons. The molecule has 1 aliphatic rings. The molecular weight excluding hydrogens is 188 g/mol. The lowest BCUT2D eigenvalue weighted by atomic mass is 10.1. The van der Waals surface area contributed by atoms with Crippen molar-refractivity contribution in [2.75, 3.05) is 7.11 Å². The molecule has 0 amide bonds. The number of hydrogen-bond acceptors (Lipinski definition) is 2. The first-order valence-electron chi connectivity index (χ1n) is 5.35. The summed E-state index contributed by atoms with van der Waals surface area (Å²) in [5.74, 6) is 0.306. The van der Waals surface area contributed by atoms with Crippen molar-refractivity contribution in [1.29, 1.82) is 0 Å². The van der Waals surface area contributed by atoms with Gasteiger partial charge in [-0.2, -0.15) is 0 Å². The number of Topliss-reactive ketones (excluding diaryl/α,β-unsaturated/α-hetero) is 1.